The van der Waals surface area contributed by atoms with Crippen LogP contribution in [0.3, 0.4) is 0 Å². The van der Waals surface area contributed by atoms with Gasteiger partial charge in [-0.15, -0.1) is 11.3 Å². The van der Waals surface area contributed by atoms with Gasteiger partial charge in [-0.2, -0.15) is 0 Å². The summed E-state index contributed by atoms with van der Waals surface area (Å²) in [6.07, 6.45) is 0. The second-order valence-corrected chi connectivity index (χ2v) is 6.76. The zero-order chi connectivity index (χ0) is 12.7. The number of rotatable bonds is 1. The Bertz CT molecular complexity index is 623. The van der Waals surface area contributed by atoms with Gasteiger partial charge in [-0.25, -0.2) is 0 Å². The summed E-state index contributed by atoms with van der Waals surface area (Å²) in [4.78, 5) is 14.9. The van der Waals surface area contributed by atoms with Crippen molar-refractivity contribution < 1.29 is 4.79 Å². The number of amides is 1. The lowest BCUT2D eigenvalue weighted by atomic mass is 10.1. The molecule has 92 valence electrons. The molecular weight excluding hydrogens is 312 g/mol. The summed E-state index contributed by atoms with van der Waals surface area (Å²) < 4.78 is 0.979. The molecular formula is C13H11BrN2OS. The molecule has 0 spiro atoms. The van der Waals surface area contributed by atoms with E-state index in [1.54, 1.807) is 0 Å². The van der Waals surface area contributed by atoms with E-state index in [1.807, 2.05) is 35.2 Å². The van der Waals surface area contributed by atoms with Gasteiger partial charge in [0.2, 0.25) is 0 Å². The van der Waals surface area contributed by atoms with Crippen molar-refractivity contribution >= 4 is 38.9 Å². The van der Waals surface area contributed by atoms with E-state index in [2.05, 4.69) is 15.9 Å². The molecule has 0 aliphatic carbocycles. The monoisotopic (exact) mass is 322 g/mol. The zero-order valence-electron chi connectivity index (χ0n) is 9.52. The third-order valence-electron chi connectivity index (χ3n) is 3.02. The Morgan fingerprint density at radius 2 is 2.00 bits per heavy atom. The van der Waals surface area contributed by atoms with Crippen LogP contribution in [-0.2, 0) is 13.1 Å². The van der Waals surface area contributed by atoms with E-state index in [4.69, 9.17) is 5.73 Å². The number of hydrogen-bond donors (Lipinski definition) is 1. The minimum atomic E-state index is 0.0838. The standard InChI is InChI=1S/C13H11BrN2OS/c14-12-4-3-11(18-12)13(17)16-6-8-1-2-10(15)5-9(8)7-16/h1-5H,6-7,15H2. The van der Waals surface area contributed by atoms with Crippen molar-refractivity contribution in [2.75, 3.05) is 5.73 Å². The number of nitrogens with two attached hydrogens (primary N) is 1. The van der Waals surface area contributed by atoms with Crippen molar-refractivity contribution in [3.8, 4) is 0 Å². The van der Waals surface area contributed by atoms with Crippen molar-refractivity contribution in [3.05, 3.63) is 50.1 Å². The van der Waals surface area contributed by atoms with Crippen LogP contribution in [-0.4, -0.2) is 10.8 Å². The first-order valence-electron chi connectivity index (χ1n) is 5.55. The van der Waals surface area contributed by atoms with E-state index in [9.17, 15) is 4.79 Å². The molecule has 1 amide bonds. The molecule has 5 heteroatoms. The third-order valence-corrected chi connectivity index (χ3v) is 4.64. The maximum atomic E-state index is 12.3. The van der Waals surface area contributed by atoms with E-state index >= 15 is 0 Å². The molecule has 0 bridgehead atoms. The molecule has 1 aromatic carbocycles. The van der Waals surface area contributed by atoms with Gasteiger partial charge >= 0.3 is 0 Å². The van der Waals surface area contributed by atoms with Crippen LogP contribution in [0.25, 0.3) is 0 Å². The summed E-state index contributed by atoms with van der Waals surface area (Å²) >= 11 is 4.84. The first-order chi connectivity index (χ1) is 8.63. The second-order valence-electron chi connectivity index (χ2n) is 4.29. The summed E-state index contributed by atoms with van der Waals surface area (Å²) in [7, 11) is 0. The van der Waals surface area contributed by atoms with Gasteiger partial charge in [0.15, 0.2) is 0 Å². The molecule has 2 heterocycles. The first-order valence-corrected chi connectivity index (χ1v) is 7.16. The van der Waals surface area contributed by atoms with Crippen LogP contribution in [0.4, 0.5) is 5.69 Å². The Hall–Kier alpha value is -1.33. The van der Waals surface area contributed by atoms with Crippen LogP contribution in [0.2, 0.25) is 0 Å². The lowest BCUT2D eigenvalue weighted by Crippen LogP contribution is -2.24. The van der Waals surface area contributed by atoms with Crippen LogP contribution >= 0.6 is 27.3 Å². The number of hydrogen-bond acceptors (Lipinski definition) is 3. The summed E-state index contributed by atoms with van der Waals surface area (Å²) in [5.41, 5.74) is 8.85. The highest BCUT2D eigenvalue weighted by Gasteiger charge is 2.25. The van der Waals surface area contributed by atoms with Gasteiger partial charge in [0, 0.05) is 18.8 Å². The van der Waals surface area contributed by atoms with Gasteiger partial charge in [-0.05, 0) is 51.3 Å². The lowest BCUT2D eigenvalue weighted by molar-refractivity contribution is 0.0756. The molecule has 18 heavy (non-hydrogen) atoms. The van der Waals surface area contributed by atoms with Crippen LogP contribution in [0, 0.1) is 0 Å². The molecule has 0 saturated heterocycles. The predicted octanol–water partition coefficient (Wildman–Crippen LogP) is 3.25. The molecule has 0 fully saturated rings. The Kier molecular flexibility index (Phi) is 2.87. The topological polar surface area (TPSA) is 46.3 Å². The summed E-state index contributed by atoms with van der Waals surface area (Å²) in [6, 6.07) is 9.59. The van der Waals surface area contributed by atoms with Gasteiger partial charge in [-0.3, -0.25) is 4.79 Å². The fourth-order valence-corrected chi connectivity index (χ4v) is 3.50. The SMILES string of the molecule is Nc1ccc2c(c1)CN(C(=O)c1ccc(Br)s1)C2. The number of anilines is 1. The van der Waals surface area contributed by atoms with Crippen LogP contribution in [0.1, 0.15) is 20.8 Å². The minimum absolute atomic E-state index is 0.0838. The second kappa shape index (κ2) is 4.40. The summed E-state index contributed by atoms with van der Waals surface area (Å²) in [5, 5.41) is 0. The number of carbonyl (C=O) groups excluding carboxylic acids is 1. The molecule has 3 nitrogen and oxygen atoms in total. The molecule has 2 N–H and O–H groups in total. The zero-order valence-corrected chi connectivity index (χ0v) is 11.9. The Labute approximate surface area is 117 Å². The molecule has 2 aromatic rings. The first kappa shape index (κ1) is 11.7. The smallest absolute Gasteiger partial charge is 0.264 e. The molecule has 1 aliphatic rings. The van der Waals surface area contributed by atoms with Crippen molar-refractivity contribution in [3.63, 3.8) is 0 Å². The highest BCUT2D eigenvalue weighted by molar-refractivity contribution is 9.11. The fourth-order valence-electron chi connectivity index (χ4n) is 2.14. The third kappa shape index (κ3) is 2.04. The average molecular weight is 323 g/mol. The van der Waals surface area contributed by atoms with E-state index in [0.717, 1.165) is 19.9 Å². The molecule has 3 rings (SSSR count). The lowest BCUT2D eigenvalue weighted by Gasteiger charge is -2.13. The van der Waals surface area contributed by atoms with Crippen molar-refractivity contribution in [1.82, 2.24) is 4.90 Å². The summed E-state index contributed by atoms with van der Waals surface area (Å²) in [6.45, 7) is 1.32. The van der Waals surface area contributed by atoms with Crippen LogP contribution in [0.15, 0.2) is 34.1 Å². The number of nitrogens with zero attached hydrogens (tertiary/aromatic N) is 1. The van der Waals surface area contributed by atoms with Gasteiger partial charge in [0.1, 0.15) is 0 Å². The highest BCUT2D eigenvalue weighted by atomic mass is 79.9. The Morgan fingerprint density at radius 3 is 2.72 bits per heavy atom. The molecule has 1 aliphatic heterocycles. The molecule has 0 atom stereocenters. The molecule has 0 radical (unpaired) electrons. The number of carbonyl (C=O) groups is 1. The number of halogens is 1. The normalized spacial score (nSPS) is 13.7. The quantitative estimate of drug-likeness (QED) is 0.819. The number of benzene rings is 1. The van der Waals surface area contributed by atoms with Crippen molar-refractivity contribution in [2.45, 2.75) is 13.1 Å². The van der Waals surface area contributed by atoms with Gasteiger partial charge < -0.3 is 10.6 Å². The van der Waals surface area contributed by atoms with E-state index in [1.165, 1.54) is 16.9 Å². The van der Waals surface area contributed by atoms with Gasteiger partial charge in [0.05, 0.1) is 8.66 Å². The Balaban J connectivity index is 1.83. The van der Waals surface area contributed by atoms with Crippen LogP contribution < -0.4 is 5.73 Å². The van der Waals surface area contributed by atoms with E-state index < -0.39 is 0 Å². The number of nitrogen functional groups attached to an aromatic ring is 1. The predicted molar refractivity (Wildman–Crippen MR) is 76.5 cm³/mol. The number of thiophene rings is 1. The van der Waals surface area contributed by atoms with Gasteiger partial charge in [0.25, 0.3) is 5.91 Å². The van der Waals surface area contributed by atoms with Crippen molar-refractivity contribution in [1.29, 1.82) is 0 Å². The number of fused-ring (bicyclic) bond motifs is 1. The van der Waals surface area contributed by atoms with E-state index in [-0.39, 0.29) is 5.91 Å². The minimum Gasteiger partial charge on any atom is -0.399 e. The maximum Gasteiger partial charge on any atom is 0.264 e. The average Bonchev–Trinajstić information content (AvgIpc) is 2.93. The highest BCUT2D eigenvalue weighted by Crippen LogP contribution is 2.29. The summed E-state index contributed by atoms with van der Waals surface area (Å²) in [5.74, 6) is 0.0838. The maximum absolute atomic E-state index is 12.3. The fraction of sp³-hybridized carbons (Fsp3) is 0.154. The molecule has 0 saturated carbocycles. The molecule has 1 aromatic heterocycles. The van der Waals surface area contributed by atoms with Crippen molar-refractivity contribution in [2.24, 2.45) is 0 Å². The van der Waals surface area contributed by atoms with E-state index in [0.29, 0.717) is 13.1 Å². The Morgan fingerprint density at radius 1 is 1.22 bits per heavy atom. The molecule has 0 unspecified atom stereocenters. The largest absolute Gasteiger partial charge is 0.399 e. The van der Waals surface area contributed by atoms with Crippen LogP contribution in [0.5, 0.6) is 0 Å². The van der Waals surface area contributed by atoms with Gasteiger partial charge in [-0.1, -0.05) is 6.07 Å².